The Morgan fingerprint density at radius 2 is 1.76 bits per heavy atom. The first-order valence-corrected chi connectivity index (χ1v) is 10.4. The summed E-state index contributed by atoms with van der Waals surface area (Å²) in [6, 6.07) is 12.6. The normalized spacial score (nSPS) is 11.4. The second-order valence-electron chi connectivity index (χ2n) is 6.48. The predicted molar refractivity (Wildman–Crippen MR) is 114 cm³/mol. The molecule has 0 fully saturated rings. The first-order valence-electron chi connectivity index (χ1n) is 9.16. The molecule has 154 valence electrons. The lowest BCUT2D eigenvalue weighted by Gasteiger charge is -2.15. The molecular weight excluding hydrogens is 390 g/mol. The molecule has 0 bridgehead atoms. The van der Waals surface area contributed by atoms with Gasteiger partial charge in [-0.3, -0.25) is 14.4 Å². The van der Waals surface area contributed by atoms with Crippen molar-refractivity contribution in [1.82, 2.24) is 0 Å². The SMILES string of the molecule is COc1ccc(C)cc1NC(=O)[C@@H](C)OC(=O)CCC(=O)c1ccc(SC)cc1. The first kappa shape index (κ1) is 22.5. The van der Waals surface area contributed by atoms with E-state index in [2.05, 4.69) is 5.32 Å². The molecule has 6 nitrogen and oxygen atoms in total. The van der Waals surface area contributed by atoms with Gasteiger partial charge in [-0.05, 0) is 49.9 Å². The third-order valence-corrected chi connectivity index (χ3v) is 5.00. The van der Waals surface area contributed by atoms with Crippen molar-refractivity contribution in [3.05, 3.63) is 53.6 Å². The number of ketones is 1. The molecule has 0 aromatic heterocycles. The average molecular weight is 416 g/mol. The molecule has 0 saturated carbocycles. The van der Waals surface area contributed by atoms with Gasteiger partial charge in [0, 0.05) is 16.9 Å². The maximum Gasteiger partial charge on any atom is 0.307 e. The molecule has 2 aromatic rings. The van der Waals surface area contributed by atoms with E-state index < -0.39 is 18.0 Å². The lowest BCUT2D eigenvalue weighted by Crippen LogP contribution is -2.30. The monoisotopic (exact) mass is 415 g/mol. The van der Waals surface area contributed by atoms with Crippen molar-refractivity contribution < 1.29 is 23.9 Å². The van der Waals surface area contributed by atoms with E-state index in [0.717, 1.165) is 10.5 Å². The number of nitrogens with one attached hydrogen (secondary N) is 1. The van der Waals surface area contributed by atoms with Crippen molar-refractivity contribution in [2.45, 2.75) is 37.7 Å². The minimum Gasteiger partial charge on any atom is -0.495 e. The van der Waals surface area contributed by atoms with Crippen molar-refractivity contribution in [2.75, 3.05) is 18.7 Å². The predicted octanol–water partition coefficient (Wildman–Crippen LogP) is 4.26. The summed E-state index contributed by atoms with van der Waals surface area (Å²) in [5.41, 5.74) is 2.01. The number of thioether (sulfide) groups is 1. The maximum atomic E-state index is 12.3. The van der Waals surface area contributed by atoms with E-state index in [-0.39, 0.29) is 18.6 Å². The van der Waals surface area contributed by atoms with Crippen LogP contribution < -0.4 is 10.1 Å². The van der Waals surface area contributed by atoms with E-state index in [9.17, 15) is 14.4 Å². The summed E-state index contributed by atoms with van der Waals surface area (Å²) in [4.78, 5) is 37.6. The number of hydrogen-bond acceptors (Lipinski definition) is 6. The number of methoxy groups -OCH3 is 1. The Bertz CT molecular complexity index is 879. The van der Waals surface area contributed by atoms with Crippen molar-refractivity contribution in [3.63, 3.8) is 0 Å². The number of benzene rings is 2. The summed E-state index contributed by atoms with van der Waals surface area (Å²) < 4.78 is 10.4. The highest BCUT2D eigenvalue weighted by Crippen LogP contribution is 2.25. The van der Waals surface area contributed by atoms with Crippen molar-refractivity contribution in [1.29, 1.82) is 0 Å². The molecule has 0 aliphatic rings. The van der Waals surface area contributed by atoms with Gasteiger partial charge in [0.2, 0.25) is 0 Å². The molecule has 0 aliphatic heterocycles. The van der Waals surface area contributed by atoms with Crippen LogP contribution in [0, 0.1) is 6.92 Å². The highest BCUT2D eigenvalue weighted by atomic mass is 32.2. The molecule has 0 aliphatic carbocycles. The van der Waals surface area contributed by atoms with Crippen LogP contribution in [0.25, 0.3) is 0 Å². The van der Waals surface area contributed by atoms with Gasteiger partial charge in [-0.15, -0.1) is 11.8 Å². The number of aryl methyl sites for hydroxylation is 1. The molecule has 7 heteroatoms. The number of rotatable bonds is 9. The summed E-state index contributed by atoms with van der Waals surface area (Å²) >= 11 is 1.59. The van der Waals surface area contributed by atoms with Crippen LogP contribution in [-0.4, -0.2) is 37.1 Å². The van der Waals surface area contributed by atoms with Crippen molar-refractivity contribution in [3.8, 4) is 5.75 Å². The van der Waals surface area contributed by atoms with Crippen LogP contribution in [-0.2, 0) is 14.3 Å². The molecule has 2 rings (SSSR count). The molecule has 2 aromatic carbocycles. The Balaban J connectivity index is 1.85. The van der Waals surface area contributed by atoms with Crippen molar-refractivity contribution >= 4 is 35.1 Å². The van der Waals surface area contributed by atoms with Crippen LogP contribution >= 0.6 is 11.8 Å². The quantitative estimate of drug-likeness (QED) is 0.374. The molecule has 0 heterocycles. The average Bonchev–Trinajstić information content (AvgIpc) is 2.72. The van der Waals surface area contributed by atoms with Gasteiger partial charge in [0.15, 0.2) is 11.9 Å². The molecule has 0 radical (unpaired) electrons. The van der Waals surface area contributed by atoms with Crippen LogP contribution in [0.1, 0.15) is 35.7 Å². The Hall–Kier alpha value is -2.80. The minimum absolute atomic E-state index is 0.0253. The minimum atomic E-state index is -0.997. The molecule has 1 amide bonds. The zero-order valence-electron chi connectivity index (χ0n) is 17.0. The Morgan fingerprint density at radius 3 is 2.38 bits per heavy atom. The second-order valence-corrected chi connectivity index (χ2v) is 7.36. The lowest BCUT2D eigenvalue weighted by molar-refractivity contribution is -0.153. The Morgan fingerprint density at radius 1 is 1.07 bits per heavy atom. The third-order valence-electron chi connectivity index (χ3n) is 4.26. The molecule has 1 atom stereocenters. The Labute approximate surface area is 175 Å². The first-order chi connectivity index (χ1) is 13.8. The molecule has 1 N–H and O–H groups in total. The fraction of sp³-hybridized carbons (Fsp3) is 0.318. The van der Waals surface area contributed by atoms with Gasteiger partial charge >= 0.3 is 5.97 Å². The highest BCUT2D eigenvalue weighted by Gasteiger charge is 2.20. The van der Waals surface area contributed by atoms with E-state index in [4.69, 9.17) is 9.47 Å². The van der Waals surface area contributed by atoms with Gasteiger partial charge in [-0.25, -0.2) is 0 Å². The standard InChI is InChI=1S/C22H25NO5S/c1-14-5-11-20(27-3)18(13-14)23-22(26)15(2)28-21(25)12-10-19(24)16-6-8-17(29-4)9-7-16/h5-9,11,13,15H,10,12H2,1-4H3,(H,23,26)/t15-/m1/s1. The highest BCUT2D eigenvalue weighted by molar-refractivity contribution is 7.98. The van der Waals surface area contributed by atoms with Gasteiger partial charge < -0.3 is 14.8 Å². The van der Waals surface area contributed by atoms with Crippen LogP contribution in [0.4, 0.5) is 5.69 Å². The topological polar surface area (TPSA) is 81.7 Å². The van der Waals surface area contributed by atoms with Gasteiger partial charge in [0.25, 0.3) is 5.91 Å². The molecule has 0 unspecified atom stereocenters. The maximum absolute atomic E-state index is 12.3. The van der Waals surface area contributed by atoms with Crippen LogP contribution in [0.5, 0.6) is 5.75 Å². The van der Waals surface area contributed by atoms with Gasteiger partial charge in [0.1, 0.15) is 5.75 Å². The zero-order chi connectivity index (χ0) is 21.4. The number of carbonyl (C=O) groups excluding carboxylic acids is 3. The summed E-state index contributed by atoms with van der Waals surface area (Å²) in [7, 11) is 1.51. The second kappa shape index (κ2) is 10.7. The smallest absolute Gasteiger partial charge is 0.307 e. The number of carbonyl (C=O) groups is 3. The number of ether oxygens (including phenoxy) is 2. The van der Waals surface area contributed by atoms with Crippen LogP contribution in [0.15, 0.2) is 47.4 Å². The van der Waals surface area contributed by atoms with Gasteiger partial charge in [0.05, 0.1) is 19.2 Å². The van der Waals surface area contributed by atoms with Crippen LogP contribution in [0.3, 0.4) is 0 Å². The number of Topliss-reactive ketones (excluding diaryl/α,β-unsaturated/α-hetero) is 1. The van der Waals surface area contributed by atoms with E-state index in [1.807, 2.05) is 31.4 Å². The van der Waals surface area contributed by atoms with Gasteiger partial charge in [-0.1, -0.05) is 18.2 Å². The largest absolute Gasteiger partial charge is 0.495 e. The lowest BCUT2D eigenvalue weighted by atomic mass is 10.1. The summed E-state index contributed by atoms with van der Waals surface area (Å²) in [5.74, 6) is -0.698. The zero-order valence-corrected chi connectivity index (χ0v) is 17.8. The van der Waals surface area contributed by atoms with E-state index >= 15 is 0 Å². The number of amides is 1. The number of anilines is 1. The molecule has 0 saturated heterocycles. The molecule has 29 heavy (non-hydrogen) atoms. The van der Waals surface area contributed by atoms with E-state index in [1.165, 1.54) is 14.0 Å². The molecular formula is C22H25NO5S. The summed E-state index contributed by atoms with van der Waals surface area (Å²) in [6.45, 7) is 3.38. The summed E-state index contributed by atoms with van der Waals surface area (Å²) in [5, 5.41) is 2.70. The Kier molecular flexibility index (Phi) is 8.27. The summed E-state index contributed by atoms with van der Waals surface area (Å²) in [6.07, 6.45) is 0.897. The number of hydrogen-bond donors (Lipinski definition) is 1. The fourth-order valence-corrected chi connectivity index (χ4v) is 3.01. The third kappa shape index (κ3) is 6.64. The van der Waals surface area contributed by atoms with E-state index in [0.29, 0.717) is 17.0 Å². The van der Waals surface area contributed by atoms with Crippen molar-refractivity contribution in [2.24, 2.45) is 0 Å². The van der Waals surface area contributed by atoms with E-state index in [1.54, 1.807) is 36.0 Å². The number of esters is 1. The molecule has 0 spiro atoms. The van der Waals surface area contributed by atoms with Gasteiger partial charge in [-0.2, -0.15) is 0 Å². The van der Waals surface area contributed by atoms with Crippen LogP contribution in [0.2, 0.25) is 0 Å². The fourth-order valence-electron chi connectivity index (χ4n) is 2.60.